The summed E-state index contributed by atoms with van der Waals surface area (Å²) >= 11 is 0. The Morgan fingerprint density at radius 1 is 1.09 bits per heavy atom. The Morgan fingerprint density at radius 2 is 1.83 bits per heavy atom. The van der Waals surface area contributed by atoms with Crippen LogP contribution in [-0.4, -0.2) is 10.3 Å². The van der Waals surface area contributed by atoms with Gasteiger partial charge in [0.05, 0.1) is 12.3 Å². The number of aliphatic imine (C=N–C) groups is 1. The maximum absolute atomic E-state index is 13.0. The van der Waals surface area contributed by atoms with E-state index in [2.05, 4.69) is 4.99 Å². The largest absolute Gasteiger partial charge is 0.711 e. The summed E-state index contributed by atoms with van der Waals surface area (Å²) in [7, 11) is 0. The van der Waals surface area contributed by atoms with Crippen LogP contribution < -0.4 is 4.73 Å². The first-order valence-electron chi connectivity index (χ1n) is 7.28. The van der Waals surface area contributed by atoms with Gasteiger partial charge in [0.25, 0.3) is 0 Å². The molecule has 0 saturated carbocycles. The van der Waals surface area contributed by atoms with E-state index in [9.17, 15) is 9.60 Å². The highest BCUT2D eigenvalue weighted by molar-refractivity contribution is 6.00. The summed E-state index contributed by atoms with van der Waals surface area (Å²) in [5, 5.41) is 11.2. The van der Waals surface area contributed by atoms with Crippen LogP contribution >= 0.6 is 0 Å². The fourth-order valence-electron chi connectivity index (χ4n) is 2.28. The standard InChI is InChI=1S/C18H16FN3O/c19-17-8-6-15(7-9-17)12-20-18(16-4-2-1-3-5-16)13-21-10-11-22(23)14-21/h1-11,14H,12-13H2. The molecule has 0 spiro atoms. The zero-order chi connectivity index (χ0) is 16.1. The van der Waals surface area contributed by atoms with Gasteiger partial charge in [-0.3, -0.25) is 4.99 Å². The zero-order valence-corrected chi connectivity index (χ0v) is 12.5. The summed E-state index contributed by atoms with van der Waals surface area (Å²) in [6.45, 7) is 0.962. The van der Waals surface area contributed by atoms with Gasteiger partial charge in [-0.25, -0.2) is 13.7 Å². The van der Waals surface area contributed by atoms with Crippen LogP contribution in [0.4, 0.5) is 4.39 Å². The minimum atomic E-state index is -0.256. The SMILES string of the molecule is [O-][n+]1ccn(CC(=NCc2ccc(F)cc2)c2ccccc2)c1. The second kappa shape index (κ2) is 6.87. The van der Waals surface area contributed by atoms with Crippen LogP contribution in [0.25, 0.3) is 0 Å². The second-order valence-corrected chi connectivity index (χ2v) is 5.20. The van der Waals surface area contributed by atoms with Crippen LogP contribution in [0.1, 0.15) is 11.1 Å². The van der Waals surface area contributed by atoms with Crippen molar-refractivity contribution >= 4 is 5.71 Å². The van der Waals surface area contributed by atoms with Crippen molar-refractivity contribution in [3.05, 3.63) is 95.5 Å². The molecule has 1 aromatic heterocycles. The molecule has 0 aliphatic rings. The first kappa shape index (κ1) is 15.0. The summed E-state index contributed by atoms with van der Waals surface area (Å²) in [6.07, 6.45) is 4.63. The molecule has 23 heavy (non-hydrogen) atoms. The molecule has 1 heterocycles. The van der Waals surface area contributed by atoms with E-state index in [0.29, 0.717) is 13.1 Å². The number of benzene rings is 2. The summed E-state index contributed by atoms with van der Waals surface area (Å²) in [6, 6.07) is 16.1. The molecule has 116 valence electrons. The third kappa shape index (κ3) is 4.03. The molecule has 0 atom stereocenters. The van der Waals surface area contributed by atoms with Gasteiger partial charge in [0.15, 0.2) is 0 Å². The summed E-state index contributed by atoms with van der Waals surface area (Å²) in [5.74, 6) is -0.256. The second-order valence-electron chi connectivity index (χ2n) is 5.20. The number of hydrogen-bond donors (Lipinski definition) is 0. The quantitative estimate of drug-likeness (QED) is 0.406. The minimum absolute atomic E-state index is 0.256. The third-order valence-electron chi connectivity index (χ3n) is 3.47. The third-order valence-corrected chi connectivity index (χ3v) is 3.47. The Hall–Kier alpha value is -2.95. The van der Waals surface area contributed by atoms with Crippen molar-refractivity contribution in [2.45, 2.75) is 13.1 Å². The predicted molar refractivity (Wildman–Crippen MR) is 86.5 cm³/mol. The Labute approximate surface area is 133 Å². The van der Waals surface area contributed by atoms with E-state index in [1.54, 1.807) is 22.9 Å². The lowest BCUT2D eigenvalue weighted by atomic mass is 10.1. The molecule has 0 aliphatic heterocycles. The van der Waals surface area contributed by atoms with Crippen LogP contribution in [0.15, 0.2) is 78.3 Å². The molecule has 0 amide bonds. The molecule has 0 bridgehead atoms. The molecule has 0 unspecified atom stereocenters. The van der Waals surface area contributed by atoms with Crippen molar-refractivity contribution < 1.29 is 9.12 Å². The van der Waals surface area contributed by atoms with Gasteiger partial charge in [-0.2, -0.15) is 0 Å². The lowest BCUT2D eigenvalue weighted by molar-refractivity contribution is -0.604. The van der Waals surface area contributed by atoms with Crippen LogP contribution in [-0.2, 0) is 13.1 Å². The van der Waals surface area contributed by atoms with Crippen LogP contribution in [0, 0.1) is 11.0 Å². The average Bonchev–Trinajstić information content (AvgIpc) is 2.99. The van der Waals surface area contributed by atoms with E-state index >= 15 is 0 Å². The van der Waals surface area contributed by atoms with Crippen molar-refractivity contribution in [3.8, 4) is 0 Å². The average molecular weight is 309 g/mol. The van der Waals surface area contributed by atoms with Gasteiger partial charge < -0.3 is 5.21 Å². The normalized spacial score (nSPS) is 11.6. The highest BCUT2D eigenvalue weighted by Gasteiger charge is 2.08. The van der Waals surface area contributed by atoms with Gasteiger partial charge >= 0.3 is 0 Å². The summed E-state index contributed by atoms with van der Waals surface area (Å²) in [4.78, 5) is 4.66. The van der Waals surface area contributed by atoms with Crippen molar-refractivity contribution in [3.63, 3.8) is 0 Å². The monoisotopic (exact) mass is 309 g/mol. The number of nitrogens with zero attached hydrogens (tertiary/aromatic N) is 3. The summed E-state index contributed by atoms with van der Waals surface area (Å²) in [5.41, 5.74) is 2.80. The molecular formula is C18H16FN3O. The maximum Gasteiger partial charge on any atom is 0.247 e. The number of imidazole rings is 1. The molecule has 5 heteroatoms. The Bertz CT molecular complexity index is 795. The molecule has 4 nitrogen and oxygen atoms in total. The molecule has 0 fully saturated rings. The van der Waals surface area contributed by atoms with Gasteiger partial charge in [-0.05, 0) is 23.3 Å². The van der Waals surface area contributed by atoms with Gasteiger partial charge in [0.1, 0.15) is 24.8 Å². The highest BCUT2D eigenvalue weighted by atomic mass is 19.1. The van der Waals surface area contributed by atoms with Crippen LogP contribution in [0.3, 0.4) is 0 Å². The smallest absolute Gasteiger partial charge is 0.247 e. The molecular weight excluding hydrogens is 293 g/mol. The Kier molecular flexibility index (Phi) is 4.47. The molecule has 3 aromatic rings. The van der Waals surface area contributed by atoms with Crippen molar-refractivity contribution in [1.29, 1.82) is 0 Å². The fraction of sp³-hybridized carbons (Fsp3) is 0.111. The Balaban J connectivity index is 1.85. The van der Waals surface area contributed by atoms with E-state index in [4.69, 9.17) is 0 Å². The lowest BCUT2D eigenvalue weighted by Gasteiger charge is -2.06. The van der Waals surface area contributed by atoms with Crippen molar-refractivity contribution in [2.75, 3.05) is 0 Å². The van der Waals surface area contributed by atoms with Crippen LogP contribution in [0.5, 0.6) is 0 Å². The molecule has 0 saturated heterocycles. The maximum atomic E-state index is 13.0. The molecule has 0 N–H and O–H groups in total. The van der Waals surface area contributed by atoms with Gasteiger partial charge in [-0.15, -0.1) is 0 Å². The number of aromatic nitrogens is 2. The van der Waals surface area contributed by atoms with Gasteiger partial charge in [-0.1, -0.05) is 42.5 Å². The van der Waals surface area contributed by atoms with Gasteiger partial charge in [0, 0.05) is 0 Å². The molecule has 0 aliphatic carbocycles. The van der Waals surface area contributed by atoms with Gasteiger partial charge in [0.2, 0.25) is 6.33 Å². The summed E-state index contributed by atoms with van der Waals surface area (Å²) < 4.78 is 15.5. The van der Waals surface area contributed by atoms with E-state index in [0.717, 1.165) is 21.6 Å². The zero-order valence-electron chi connectivity index (χ0n) is 12.5. The molecule has 0 radical (unpaired) electrons. The van der Waals surface area contributed by atoms with E-state index in [1.807, 2.05) is 30.3 Å². The van der Waals surface area contributed by atoms with E-state index in [-0.39, 0.29) is 5.82 Å². The topological polar surface area (TPSA) is 44.2 Å². The first-order valence-corrected chi connectivity index (χ1v) is 7.28. The number of hydrogen-bond acceptors (Lipinski definition) is 2. The van der Waals surface area contributed by atoms with Crippen molar-refractivity contribution in [2.24, 2.45) is 4.99 Å². The van der Waals surface area contributed by atoms with E-state index in [1.165, 1.54) is 24.7 Å². The molecule has 2 aromatic carbocycles. The van der Waals surface area contributed by atoms with E-state index < -0.39 is 0 Å². The van der Waals surface area contributed by atoms with Crippen molar-refractivity contribution in [1.82, 2.24) is 4.57 Å². The number of rotatable bonds is 5. The minimum Gasteiger partial charge on any atom is -0.711 e. The lowest BCUT2D eigenvalue weighted by Crippen LogP contribution is -2.22. The highest BCUT2D eigenvalue weighted by Crippen LogP contribution is 2.08. The predicted octanol–water partition coefficient (Wildman–Crippen LogP) is 2.95. The fourth-order valence-corrected chi connectivity index (χ4v) is 2.28. The first-order chi connectivity index (χ1) is 11.2. The molecule has 3 rings (SSSR count). The Morgan fingerprint density at radius 3 is 2.48 bits per heavy atom. The van der Waals surface area contributed by atoms with Crippen LogP contribution in [0.2, 0.25) is 0 Å². The number of halogens is 1.